The van der Waals surface area contributed by atoms with Crippen LogP contribution >= 0.6 is 11.3 Å². The topological polar surface area (TPSA) is 49.8 Å². The van der Waals surface area contributed by atoms with Crippen LogP contribution in [0, 0.1) is 24.1 Å². The Kier molecular flexibility index (Phi) is 1.90. The molecule has 0 fully saturated rings. The minimum Gasteiger partial charge on any atom is -0.389 e. The number of nitriles is 1. The number of benzene rings is 1. The second-order valence-corrected chi connectivity index (χ2v) is 4.13. The van der Waals surface area contributed by atoms with Crippen molar-refractivity contribution in [1.29, 1.82) is 5.26 Å². The Morgan fingerprint density at radius 2 is 2.21 bits per heavy atom. The van der Waals surface area contributed by atoms with Gasteiger partial charge in [-0.1, -0.05) is 0 Å². The summed E-state index contributed by atoms with van der Waals surface area (Å²) < 4.78 is 13.8. The molecule has 1 aromatic heterocycles. The molecule has 4 heteroatoms. The monoisotopic (exact) mass is 206 g/mol. The highest BCUT2D eigenvalue weighted by molar-refractivity contribution is 7.23. The molecule has 2 nitrogen and oxygen atoms in total. The van der Waals surface area contributed by atoms with Crippen molar-refractivity contribution in [1.82, 2.24) is 0 Å². The number of thiophene rings is 1. The Hall–Kier alpha value is -1.60. The smallest absolute Gasteiger partial charge is 0.124 e. The maximum Gasteiger partial charge on any atom is 0.124 e. The number of aryl methyl sites for hydroxylation is 1. The molecule has 1 heterocycles. The average Bonchev–Trinajstić information content (AvgIpc) is 2.40. The fourth-order valence-electron chi connectivity index (χ4n) is 1.52. The lowest BCUT2D eigenvalue weighted by Gasteiger charge is -1.96. The molecule has 1 aromatic carbocycles. The maximum absolute atomic E-state index is 13.0. The fraction of sp³-hybridized carbons (Fsp3) is 0.100. The number of hydrogen-bond donors (Lipinski definition) is 1. The molecule has 0 aliphatic heterocycles. The molecular formula is C10H7FN2S. The number of nitrogens with zero attached hydrogens (tertiary/aromatic N) is 1. The number of anilines is 1. The Morgan fingerprint density at radius 3 is 2.86 bits per heavy atom. The molecule has 2 N–H and O–H groups in total. The third kappa shape index (κ3) is 1.14. The normalized spacial score (nSPS) is 10.4. The summed E-state index contributed by atoms with van der Waals surface area (Å²) in [4.78, 5) is 0. The zero-order valence-electron chi connectivity index (χ0n) is 7.47. The summed E-state index contributed by atoms with van der Waals surface area (Å²) in [6.07, 6.45) is 0. The predicted octanol–water partition coefficient (Wildman–Crippen LogP) is 2.80. The van der Waals surface area contributed by atoms with Crippen LogP contribution in [0.4, 0.5) is 9.39 Å². The minimum atomic E-state index is -0.291. The number of halogens is 1. The van der Waals surface area contributed by atoms with Crippen LogP contribution in [0.5, 0.6) is 0 Å². The highest BCUT2D eigenvalue weighted by Crippen LogP contribution is 2.35. The summed E-state index contributed by atoms with van der Waals surface area (Å²) in [5.41, 5.74) is 6.87. The van der Waals surface area contributed by atoms with E-state index in [1.54, 1.807) is 6.92 Å². The van der Waals surface area contributed by atoms with Crippen molar-refractivity contribution >= 4 is 26.4 Å². The summed E-state index contributed by atoms with van der Waals surface area (Å²) in [5, 5.41) is 10.1. The van der Waals surface area contributed by atoms with Gasteiger partial charge in [0.15, 0.2) is 0 Å². The van der Waals surface area contributed by atoms with Gasteiger partial charge in [-0.3, -0.25) is 0 Å². The average molecular weight is 206 g/mol. The molecule has 70 valence electrons. The quantitative estimate of drug-likeness (QED) is 0.720. The molecule has 0 saturated heterocycles. The fourth-order valence-corrected chi connectivity index (χ4v) is 2.54. The summed E-state index contributed by atoms with van der Waals surface area (Å²) in [6, 6.07) is 4.86. The Bertz CT molecular complexity index is 551. The van der Waals surface area contributed by atoms with Gasteiger partial charge in [-0.15, -0.1) is 11.3 Å². The lowest BCUT2D eigenvalue weighted by molar-refractivity contribution is 0.629. The third-order valence-electron chi connectivity index (χ3n) is 2.09. The van der Waals surface area contributed by atoms with Crippen LogP contribution in [0.25, 0.3) is 10.1 Å². The standard InChI is InChI=1S/C10H7FN2S/c1-5-2-6(11)3-8-9(5)7(4-12)10(13)14-8/h2-3H,13H2,1H3. The van der Waals surface area contributed by atoms with Gasteiger partial charge in [0.05, 0.1) is 5.56 Å². The first kappa shape index (κ1) is 8.97. The van der Waals surface area contributed by atoms with Crippen LogP contribution in [-0.2, 0) is 0 Å². The molecule has 14 heavy (non-hydrogen) atoms. The predicted molar refractivity (Wildman–Crippen MR) is 55.6 cm³/mol. The third-order valence-corrected chi connectivity index (χ3v) is 3.06. The molecule has 0 radical (unpaired) electrons. The molecule has 0 saturated carbocycles. The molecule has 0 aliphatic rings. The number of nitrogen functional groups attached to an aromatic ring is 1. The largest absolute Gasteiger partial charge is 0.389 e. The molecule has 0 spiro atoms. The van der Waals surface area contributed by atoms with Gasteiger partial charge in [-0.2, -0.15) is 5.26 Å². The van der Waals surface area contributed by atoms with Gasteiger partial charge >= 0.3 is 0 Å². The minimum absolute atomic E-state index is 0.291. The van der Waals surface area contributed by atoms with Crippen LogP contribution in [0.3, 0.4) is 0 Å². The zero-order chi connectivity index (χ0) is 10.3. The van der Waals surface area contributed by atoms with Crippen molar-refractivity contribution in [2.75, 3.05) is 5.73 Å². The highest BCUT2D eigenvalue weighted by Gasteiger charge is 2.12. The van der Waals surface area contributed by atoms with E-state index in [1.807, 2.05) is 6.07 Å². The summed E-state index contributed by atoms with van der Waals surface area (Å²) in [6.45, 7) is 1.78. The first-order valence-electron chi connectivity index (χ1n) is 4.01. The van der Waals surface area contributed by atoms with E-state index < -0.39 is 0 Å². The van der Waals surface area contributed by atoms with E-state index in [9.17, 15) is 4.39 Å². The number of rotatable bonds is 0. The SMILES string of the molecule is Cc1cc(F)cc2sc(N)c(C#N)c12. The van der Waals surface area contributed by atoms with E-state index in [2.05, 4.69) is 0 Å². The van der Waals surface area contributed by atoms with Crippen LogP contribution in [0.1, 0.15) is 11.1 Å². The molecule has 2 aromatic rings. The van der Waals surface area contributed by atoms with E-state index in [0.717, 1.165) is 15.6 Å². The zero-order valence-corrected chi connectivity index (χ0v) is 8.28. The Balaban J connectivity index is 2.97. The molecule has 0 aliphatic carbocycles. The maximum atomic E-state index is 13.0. The van der Waals surface area contributed by atoms with E-state index in [0.29, 0.717) is 10.6 Å². The first-order chi connectivity index (χ1) is 6.63. The molecule has 0 atom stereocenters. The second kappa shape index (κ2) is 2.96. The van der Waals surface area contributed by atoms with Crippen molar-refractivity contribution in [2.24, 2.45) is 0 Å². The lowest BCUT2D eigenvalue weighted by Crippen LogP contribution is -1.84. The first-order valence-corrected chi connectivity index (χ1v) is 4.83. The van der Waals surface area contributed by atoms with Crippen LogP contribution in [0.2, 0.25) is 0 Å². The van der Waals surface area contributed by atoms with Gasteiger partial charge in [0.1, 0.15) is 16.9 Å². The van der Waals surface area contributed by atoms with E-state index in [-0.39, 0.29) is 5.82 Å². The van der Waals surface area contributed by atoms with Gasteiger partial charge in [-0.25, -0.2) is 4.39 Å². The van der Waals surface area contributed by atoms with E-state index in [4.69, 9.17) is 11.0 Å². The van der Waals surface area contributed by atoms with Gasteiger partial charge in [-0.05, 0) is 24.6 Å². The Morgan fingerprint density at radius 1 is 1.50 bits per heavy atom. The second-order valence-electron chi connectivity index (χ2n) is 3.05. The molecular weight excluding hydrogens is 199 g/mol. The summed E-state index contributed by atoms with van der Waals surface area (Å²) in [5.74, 6) is -0.291. The van der Waals surface area contributed by atoms with Crippen molar-refractivity contribution in [3.05, 3.63) is 29.1 Å². The van der Waals surface area contributed by atoms with Crippen LogP contribution < -0.4 is 5.73 Å². The molecule has 0 bridgehead atoms. The van der Waals surface area contributed by atoms with Crippen molar-refractivity contribution in [3.63, 3.8) is 0 Å². The van der Waals surface area contributed by atoms with Gasteiger partial charge in [0.25, 0.3) is 0 Å². The lowest BCUT2D eigenvalue weighted by atomic mass is 10.1. The number of fused-ring (bicyclic) bond motifs is 1. The van der Waals surface area contributed by atoms with Crippen molar-refractivity contribution in [2.45, 2.75) is 6.92 Å². The van der Waals surface area contributed by atoms with Crippen LogP contribution in [-0.4, -0.2) is 0 Å². The summed E-state index contributed by atoms with van der Waals surface area (Å²) in [7, 11) is 0. The van der Waals surface area contributed by atoms with Gasteiger partial charge in [0.2, 0.25) is 0 Å². The van der Waals surface area contributed by atoms with Gasteiger partial charge < -0.3 is 5.73 Å². The van der Waals surface area contributed by atoms with E-state index >= 15 is 0 Å². The number of nitrogens with two attached hydrogens (primary N) is 1. The van der Waals surface area contributed by atoms with E-state index in [1.165, 1.54) is 23.5 Å². The van der Waals surface area contributed by atoms with Crippen LogP contribution in [0.15, 0.2) is 12.1 Å². The van der Waals surface area contributed by atoms with Crippen molar-refractivity contribution < 1.29 is 4.39 Å². The highest BCUT2D eigenvalue weighted by atomic mass is 32.1. The van der Waals surface area contributed by atoms with Crippen molar-refractivity contribution in [3.8, 4) is 6.07 Å². The Labute approximate surface area is 84.4 Å². The number of hydrogen-bond acceptors (Lipinski definition) is 3. The summed E-state index contributed by atoms with van der Waals surface area (Å²) >= 11 is 1.25. The molecule has 0 unspecified atom stereocenters. The molecule has 2 rings (SSSR count). The van der Waals surface area contributed by atoms with Gasteiger partial charge in [0, 0.05) is 10.1 Å². The molecule has 0 amide bonds.